The van der Waals surface area contributed by atoms with Crippen molar-refractivity contribution in [2.45, 2.75) is 6.42 Å². The molecule has 0 spiro atoms. The van der Waals surface area contributed by atoms with Gasteiger partial charge in [-0.25, -0.2) is 4.39 Å². The molecule has 1 fully saturated rings. The fourth-order valence-electron chi connectivity index (χ4n) is 1.59. The van der Waals surface area contributed by atoms with Crippen LogP contribution in [0.1, 0.15) is 6.42 Å². The Balaban J connectivity index is 2.45. The predicted octanol–water partition coefficient (Wildman–Crippen LogP) is 1.48. The van der Waals surface area contributed by atoms with Crippen LogP contribution in [-0.4, -0.2) is 18.2 Å². The lowest BCUT2D eigenvalue weighted by Crippen LogP contribution is -2.25. The van der Waals surface area contributed by atoms with Crippen molar-refractivity contribution in [3.8, 4) is 0 Å². The maximum atomic E-state index is 13.1. The molecule has 0 saturated carbocycles. The lowest BCUT2D eigenvalue weighted by atomic mass is 10.2. The van der Waals surface area contributed by atoms with Gasteiger partial charge < -0.3 is 10.6 Å². The first-order valence-corrected chi connectivity index (χ1v) is 5.35. The van der Waals surface area contributed by atoms with Gasteiger partial charge in [0, 0.05) is 6.07 Å². The summed E-state index contributed by atoms with van der Waals surface area (Å²) >= 11 is 3.01. The Labute approximate surface area is 99.3 Å². The number of carbonyl (C=O) groups excluding carboxylic acids is 2. The van der Waals surface area contributed by atoms with E-state index >= 15 is 0 Å². The second-order valence-electron chi connectivity index (χ2n) is 3.52. The number of benzene rings is 1. The smallest absolute Gasteiger partial charge is 0.234 e. The molecule has 0 atom stereocenters. The van der Waals surface area contributed by atoms with Gasteiger partial charge in [-0.05, 0) is 22.0 Å². The van der Waals surface area contributed by atoms with Gasteiger partial charge >= 0.3 is 0 Å². The number of amides is 1. The Bertz CT molecular complexity index is 490. The van der Waals surface area contributed by atoms with Crippen molar-refractivity contribution in [3.63, 3.8) is 0 Å². The van der Waals surface area contributed by atoms with E-state index < -0.39 is 5.82 Å². The van der Waals surface area contributed by atoms with Crippen LogP contribution in [0.15, 0.2) is 16.6 Å². The number of nitrogen functional groups attached to an aromatic ring is 1. The number of halogens is 2. The van der Waals surface area contributed by atoms with Crippen LogP contribution in [0.25, 0.3) is 0 Å². The lowest BCUT2D eigenvalue weighted by Gasteiger charge is -2.17. The van der Waals surface area contributed by atoms with E-state index in [1.54, 1.807) is 0 Å². The average molecular weight is 287 g/mol. The molecule has 4 nitrogen and oxygen atoms in total. The highest BCUT2D eigenvalue weighted by Crippen LogP contribution is 2.31. The normalized spacial score (nSPS) is 16.0. The Morgan fingerprint density at radius 3 is 2.62 bits per heavy atom. The number of Topliss-reactive ketones (excluding diaryl/α,β-unsaturated/α-hetero) is 1. The van der Waals surface area contributed by atoms with Gasteiger partial charge in [0.25, 0.3) is 0 Å². The van der Waals surface area contributed by atoms with Crippen LogP contribution in [0, 0.1) is 5.82 Å². The fraction of sp³-hybridized carbons (Fsp3) is 0.200. The molecule has 1 aliphatic rings. The number of nitrogens with two attached hydrogens (primary N) is 1. The molecule has 0 bridgehead atoms. The Morgan fingerprint density at radius 2 is 2.06 bits per heavy atom. The van der Waals surface area contributed by atoms with Crippen molar-refractivity contribution >= 4 is 39.0 Å². The van der Waals surface area contributed by atoms with Crippen molar-refractivity contribution in [3.05, 3.63) is 22.4 Å². The number of carbonyl (C=O) groups is 2. The van der Waals surface area contributed by atoms with Crippen molar-refractivity contribution in [2.75, 3.05) is 17.2 Å². The molecule has 2 rings (SSSR count). The van der Waals surface area contributed by atoms with Crippen LogP contribution in [0.2, 0.25) is 0 Å². The summed E-state index contributed by atoms with van der Waals surface area (Å²) in [5.74, 6) is -0.973. The van der Waals surface area contributed by atoms with Crippen molar-refractivity contribution in [1.82, 2.24) is 0 Å². The monoisotopic (exact) mass is 286 g/mol. The lowest BCUT2D eigenvalue weighted by molar-refractivity contribution is -0.121. The number of hydrogen-bond acceptors (Lipinski definition) is 3. The molecule has 1 amide bonds. The van der Waals surface area contributed by atoms with Gasteiger partial charge in [-0.2, -0.15) is 0 Å². The molecule has 6 heteroatoms. The topological polar surface area (TPSA) is 63.4 Å². The maximum absolute atomic E-state index is 13.1. The molecule has 84 valence electrons. The Kier molecular flexibility index (Phi) is 2.67. The van der Waals surface area contributed by atoms with Crippen LogP contribution >= 0.6 is 15.9 Å². The van der Waals surface area contributed by atoms with Crippen molar-refractivity contribution < 1.29 is 14.0 Å². The molecule has 0 unspecified atom stereocenters. The third-order valence-electron chi connectivity index (χ3n) is 2.34. The summed E-state index contributed by atoms with van der Waals surface area (Å²) in [4.78, 5) is 23.9. The van der Waals surface area contributed by atoms with Crippen LogP contribution in [0.5, 0.6) is 0 Å². The molecular formula is C10H8BrFN2O2. The van der Waals surface area contributed by atoms with Crippen LogP contribution in [-0.2, 0) is 9.59 Å². The molecule has 2 N–H and O–H groups in total. The van der Waals surface area contributed by atoms with Crippen molar-refractivity contribution in [1.29, 1.82) is 0 Å². The van der Waals surface area contributed by atoms with Crippen LogP contribution < -0.4 is 10.6 Å². The number of anilines is 2. The highest BCUT2D eigenvalue weighted by Gasteiger charge is 2.30. The Morgan fingerprint density at radius 1 is 1.38 bits per heavy atom. The van der Waals surface area contributed by atoms with E-state index in [0.717, 1.165) is 6.07 Å². The minimum atomic E-state index is -0.501. The maximum Gasteiger partial charge on any atom is 0.234 e. The van der Waals surface area contributed by atoms with E-state index in [1.807, 2.05) is 0 Å². The molecule has 0 aromatic heterocycles. The van der Waals surface area contributed by atoms with Crippen LogP contribution in [0.3, 0.4) is 0 Å². The molecule has 1 aromatic carbocycles. The van der Waals surface area contributed by atoms with E-state index in [1.165, 1.54) is 11.0 Å². The first-order chi connectivity index (χ1) is 7.49. The highest BCUT2D eigenvalue weighted by atomic mass is 79.9. The summed E-state index contributed by atoms with van der Waals surface area (Å²) in [6.07, 6.45) is -0.117. The van der Waals surface area contributed by atoms with E-state index in [2.05, 4.69) is 15.9 Å². The van der Waals surface area contributed by atoms with Gasteiger partial charge in [0.05, 0.1) is 28.8 Å². The Hall–Kier alpha value is -1.43. The third kappa shape index (κ3) is 1.80. The molecule has 0 aliphatic carbocycles. The molecule has 1 aromatic rings. The average Bonchev–Trinajstić information content (AvgIpc) is 2.51. The molecule has 1 saturated heterocycles. The SMILES string of the molecule is Nc1cc(F)c(Br)cc1N1CC(=O)CC1=O. The second kappa shape index (κ2) is 3.86. The first-order valence-electron chi connectivity index (χ1n) is 4.55. The fourth-order valence-corrected chi connectivity index (χ4v) is 1.92. The third-order valence-corrected chi connectivity index (χ3v) is 2.95. The summed E-state index contributed by atoms with van der Waals surface area (Å²) in [5, 5.41) is 0. The van der Waals surface area contributed by atoms with Gasteiger partial charge in [-0.3, -0.25) is 9.59 Å². The van der Waals surface area contributed by atoms with E-state index in [9.17, 15) is 14.0 Å². The van der Waals surface area contributed by atoms with Crippen LogP contribution in [0.4, 0.5) is 15.8 Å². The zero-order chi connectivity index (χ0) is 11.9. The zero-order valence-corrected chi connectivity index (χ0v) is 9.75. The standard InChI is InChI=1S/C10H8BrFN2O2/c11-6-2-9(8(13)3-7(6)12)14-4-5(15)1-10(14)16/h2-3H,1,4,13H2. The van der Waals surface area contributed by atoms with Gasteiger partial charge in [0.1, 0.15) is 5.82 Å². The summed E-state index contributed by atoms with van der Waals surface area (Å²) in [6.45, 7) is 0.00110. The number of rotatable bonds is 1. The van der Waals surface area contributed by atoms with E-state index in [-0.39, 0.29) is 34.8 Å². The highest BCUT2D eigenvalue weighted by molar-refractivity contribution is 9.10. The summed E-state index contributed by atoms with van der Waals surface area (Å²) in [6, 6.07) is 2.52. The van der Waals surface area contributed by atoms with E-state index in [0.29, 0.717) is 5.69 Å². The molecule has 1 aliphatic heterocycles. The summed E-state index contributed by atoms with van der Waals surface area (Å²) in [7, 11) is 0. The first kappa shape index (κ1) is 11.1. The molecule has 1 heterocycles. The minimum absolute atomic E-state index is 0.00110. The predicted molar refractivity (Wildman–Crippen MR) is 60.5 cm³/mol. The quantitative estimate of drug-likeness (QED) is 0.628. The molecule has 16 heavy (non-hydrogen) atoms. The van der Waals surface area contributed by atoms with Gasteiger partial charge in [-0.15, -0.1) is 0 Å². The van der Waals surface area contributed by atoms with Gasteiger partial charge in [0.2, 0.25) is 5.91 Å². The number of ketones is 1. The summed E-state index contributed by atoms with van der Waals surface area (Å²) < 4.78 is 13.3. The van der Waals surface area contributed by atoms with Gasteiger partial charge in [-0.1, -0.05) is 0 Å². The van der Waals surface area contributed by atoms with Crippen molar-refractivity contribution in [2.24, 2.45) is 0 Å². The van der Waals surface area contributed by atoms with E-state index in [4.69, 9.17) is 5.73 Å². The minimum Gasteiger partial charge on any atom is -0.397 e. The largest absolute Gasteiger partial charge is 0.397 e. The number of hydrogen-bond donors (Lipinski definition) is 1. The number of nitrogens with zero attached hydrogens (tertiary/aromatic N) is 1. The zero-order valence-electron chi connectivity index (χ0n) is 8.17. The molecule has 0 radical (unpaired) electrons. The second-order valence-corrected chi connectivity index (χ2v) is 4.37. The molecular weight excluding hydrogens is 279 g/mol. The summed E-state index contributed by atoms with van der Waals surface area (Å²) in [5.41, 5.74) is 6.12. The van der Waals surface area contributed by atoms with Gasteiger partial charge in [0.15, 0.2) is 5.78 Å².